The second-order valence-corrected chi connectivity index (χ2v) is 3.72. The zero-order valence-corrected chi connectivity index (χ0v) is 7.83. The molecule has 0 aromatic carbocycles. The predicted octanol–water partition coefficient (Wildman–Crippen LogP) is 0.987. The molecule has 0 unspecified atom stereocenters. The second-order valence-electron chi connectivity index (χ2n) is 3.72. The third-order valence-electron chi connectivity index (χ3n) is 2.79. The molecule has 1 fully saturated rings. The van der Waals surface area contributed by atoms with Crippen molar-refractivity contribution < 1.29 is 0 Å². The summed E-state index contributed by atoms with van der Waals surface area (Å²) >= 11 is 0. The molecule has 0 aliphatic carbocycles. The lowest BCUT2D eigenvalue weighted by Gasteiger charge is -2.15. The van der Waals surface area contributed by atoms with Crippen molar-refractivity contribution in [3.05, 3.63) is 23.9 Å². The Morgan fingerprint density at radius 2 is 2.38 bits per heavy atom. The highest BCUT2D eigenvalue weighted by Crippen LogP contribution is 2.29. The molecule has 1 saturated heterocycles. The zero-order valence-electron chi connectivity index (χ0n) is 7.83. The summed E-state index contributed by atoms with van der Waals surface area (Å²) in [5, 5.41) is 3.36. The van der Waals surface area contributed by atoms with Crippen LogP contribution >= 0.6 is 0 Å². The Labute approximate surface area is 78.4 Å². The van der Waals surface area contributed by atoms with Gasteiger partial charge in [-0.3, -0.25) is 0 Å². The minimum Gasteiger partial charge on any atom is -0.383 e. The highest BCUT2D eigenvalue weighted by molar-refractivity contribution is 5.42. The van der Waals surface area contributed by atoms with Gasteiger partial charge in [-0.25, -0.2) is 4.98 Å². The largest absolute Gasteiger partial charge is 0.383 e. The van der Waals surface area contributed by atoms with E-state index in [1.54, 1.807) is 6.20 Å². The van der Waals surface area contributed by atoms with Crippen LogP contribution in [0.15, 0.2) is 18.3 Å². The van der Waals surface area contributed by atoms with Gasteiger partial charge >= 0.3 is 0 Å². The van der Waals surface area contributed by atoms with Crippen LogP contribution in [0.1, 0.15) is 18.4 Å². The summed E-state index contributed by atoms with van der Waals surface area (Å²) < 4.78 is 0. The summed E-state index contributed by atoms with van der Waals surface area (Å²) in [7, 11) is 0. The summed E-state index contributed by atoms with van der Waals surface area (Å²) in [6.07, 6.45) is 1.74. The molecule has 0 radical (unpaired) electrons. The number of rotatable bonds is 1. The van der Waals surface area contributed by atoms with Gasteiger partial charge in [0.15, 0.2) is 0 Å². The van der Waals surface area contributed by atoms with Gasteiger partial charge < -0.3 is 11.1 Å². The van der Waals surface area contributed by atoms with Gasteiger partial charge in [0.2, 0.25) is 0 Å². The van der Waals surface area contributed by atoms with E-state index >= 15 is 0 Å². The Morgan fingerprint density at radius 3 is 3.00 bits per heavy atom. The lowest BCUT2D eigenvalue weighted by atomic mass is 9.91. The topological polar surface area (TPSA) is 50.9 Å². The van der Waals surface area contributed by atoms with E-state index in [1.165, 1.54) is 5.56 Å². The number of anilines is 1. The molecule has 0 bridgehead atoms. The molecule has 1 aromatic heterocycles. The third kappa shape index (κ3) is 1.52. The summed E-state index contributed by atoms with van der Waals surface area (Å²) in [6.45, 7) is 4.35. The van der Waals surface area contributed by atoms with Crippen molar-refractivity contribution >= 4 is 5.82 Å². The van der Waals surface area contributed by atoms with Crippen molar-refractivity contribution in [2.75, 3.05) is 18.8 Å². The van der Waals surface area contributed by atoms with E-state index in [2.05, 4.69) is 23.3 Å². The first kappa shape index (κ1) is 8.51. The number of hydrogen-bond acceptors (Lipinski definition) is 3. The van der Waals surface area contributed by atoms with Crippen LogP contribution in [0, 0.1) is 5.92 Å². The normalized spacial score (nSPS) is 27.8. The minimum absolute atomic E-state index is 0.536. The maximum absolute atomic E-state index is 5.82. The molecule has 1 aliphatic heterocycles. The van der Waals surface area contributed by atoms with Gasteiger partial charge in [-0.1, -0.05) is 13.0 Å². The number of hydrogen-bond donors (Lipinski definition) is 2. The fourth-order valence-electron chi connectivity index (χ4n) is 1.97. The van der Waals surface area contributed by atoms with Crippen molar-refractivity contribution in [3.8, 4) is 0 Å². The second kappa shape index (κ2) is 3.34. The van der Waals surface area contributed by atoms with Crippen molar-refractivity contribution in [2.24, 2.45) is 5.92 Å². The van der Waals surface area contributed by atoms with E-state index in [0.717, 1.165) is 13.1 Å². The quantitative estimate of drug-likeness (QED) is 0.672. The molecule has 70 valence electrons. The number of aromatic nitrogens is 1. The molecule has 0 amide bonds. The molecule has 0 spiro atoms. The number of pyridine rings is 1. The van der Waals surface area contributed by atoms with Crippen molar-refractivity contribution in [3.63, 3.8) is 0 Å². The van der Waals surface area contributed by atoms with Gasteiger partial charge in [-0.05, 0) is 24.1 Å². The van der Waals surface area contributed by atoms with E-state index < -0.39 is 0 Å². The van der Waals surface area contributed by atoms with Crippen LogP contribution in [0.25, 0.3) is 0 Å². The molecule has 2 rings (SSSR count). The van der Waals surface area contributed by atoms with Gasteiger partial charge in [-0.15, -0.1) is 0 Å². The molecule has 2 atom stereocenters. The van der Waals surface area contributed by atoms with Crippen molar-refractivity contribution in [1.82, 2.24) is 10.3 Å². The SMILES string of the molecule is C[C@@H]1CNC[C@H]1c1cccnc1N. The van der Waals surface area contributed by atoms with Gasteiger partial charge in [0.25, 0.3) is 0 Å². The zero-order chi connectivity index (χ0) is 9.26. The first-order chi connectivity index (χ1) is 6.29. The first-order valence-corrected chi connectivity index (χ1v) is 4.70. The summed E-state index contributed by atoms with van der Waals surface area (Å²) in [5.41, 5.74) is 7.02. The summed E-state index contributed by atoms with van der Waals surface area (Å²) in [5.74, 6) is 1.88. The fraction of sp³-hybridized carbons (Fsp3) is 0.500. The maximum atomic E-state index is 5.82. The lowest BCUT2D eigenvalue weighted by Crippen LogP contribution is -2.10. The molecule has 2 heterocycles. The highest BCUT2D eigenvalue weighted by Gasteiger charge is 2.26. The Morgan fingerprint density at radius 1 is 1.54 bits per heavy atom. The molecule has 3 N–H and O–H groups in total. The minimum atomic E-state index is 0.536. The Hall–Kier alpha value is -1.09. The average molecular weight is 177 g/mol. The molecule has 13 heavy (non-hydrogen) atoms. The molecular formula is C10H15N3. The Kier molecular flexibility index (Phi) is 2.19. The van der Waals surface area contributed by atoms with Gasteiger partial charge in [0.05, 0.1) is 0 Å². The number of nitrogen functional groups attached to an aromatic ring is 1. The standard InChI is InChI=1S/C10H15N3/c1-7-5-12-6-9(7)8-3-2-4-13-10(8)11/h2-4,7,9,12H,5-6H2,1H3,(H2,11,13)/t7-,9-/m1/s1. The fourth-order valence-corrected chi connectivity index (χ4v) is 1.97. The molecule has 1 aliphatic rings. The number of nitrogens with one attached hydrogen (secondary N) is 1. The third-order valence-corrected chi connectivity index (χ3v) is 2.79. The van der Waals surface area contributed by atoms with E-state index in [0.29, 0.717) is 17.7 Å². The van der Waals surface area contributed by atoms with Crippen LogP contribution in [-0.2, 0) is 0 Å². The monoisotopic (exact) mass is 177 g/mol. The van der Waals surface area contributed by atoms with Gasteiger partial charge in [0, 0.05) is 18.7 Å². The average Bonchev–Trinajstić information content (AvgIpc) is 2.52. The molecular weight excluding hydrogens is 162 g/mol. The number of nitrogens with two attached hydrogens (primary N) is 1. The van der Waals surface area contributed by atoms with Crippen LogP contribution < -0.4 is 11.1 Å². The van der Waals surface area contributed by atoms with E-state index in [9.17, 15) is 0 Å². The molecule has 0 saturated carbocycles. The smallest absolute Gasteiger partial charge is 0.126 e. The van der Waals surface area contributed by atoms with E-state index in [-0.39, 0.29) is 0 Å². The van der Waals surface area contributed by atoms with Crippen LogP contribution in [0.4, 0.5) is 5.82 Å². The predicted molar refractivity (Wildman–Crippen MR) is 53.4 cm³/mol. The van der Waals surface area contributed by atoms with Crippen molar-refractivity contribution in [1.29, 1.82) is 0 Å². The van der Waals surface area contributed by atoms with Crippen LogP contribution in [0.3, 0.4) is 0 Å². The molecule has 1 aromatic rings. The van der Waals surface area contributed by atoms with Gasteiger partial charge in [-0.2, -0.15) is 0 Å². The summed E-state index contributed by atoms with van der Waals surface area (Å²) in [6, 6.07) is 4.03. The first-order valence-electron chi connectivity index (χ1n) is 4.70. The van der Waals surface area contributed by atoms with Gasteiger partial charge in [0.1, 0.15) is 5.82 Å². The highest BCUT2D eigenvalue weighted by atomic mass is 14.9. The molecule has 3 nitrogen and oxygen atoms in total. The van der Waals surface area contributed by atoms with E-state index in [1.807, 2.05) is 6.07 Å². The van der Waals surface area contributed by atoms with Crippen LogP contribution in [0.5, 0.6) is 0 Å². The lowest BCUT2D eigenvalue weighted by molar-refractivity contribution is 0.572. The maximum Gasteiger partial charge on any atom is 0.126 e. The molecule has 3 heteroatoms. The Bertz CT molecular complexity index is 298. The summed E-state index contributed by atoms with van der Waals surface area (Å²) in [4.78, 5) is 4.11. The van der Waals surface area contributed by atoms with Crippen molar-refractivity contribution in [2.45, 2.75) is 12.8 Å². The van der Waals surface area contributed by atoms with Crippen LogP contribution in [0.2, 0.25) is 0 Å². The van der Waals surface area contributed by atoms with Crippen LogP contribution in [-0.4, -0.2) is 18.1 Å². The van der Waals surface area contributed by atoms with E-state index in [4.69, 9.17) is 5.73 Å². The Balaban J connectivity index is 2.29. The number of nitrogens with zero attached hydrogens (tertiary/aromatic N) is 1.